The second kappa shape index (κ2) is 10.4. The molecule has 1 saturated heterocycles. The lowest BCUT2D eigenvalue weighted by atomic mass is 10.1. The molecule has 0 unspecified atom stereocenters. The molecule has 33 heavy (non-hydrogen) atoms. The van der Waals surface area contributed by atoms with Crippen LogP contribution >= 0.6 is 0 Å². The molecule has 1 N–H and O–H groups in total. The molecule has 2 aromatic heterocycles. The first-order valence-electron chi connectivity index (χ1n) is 11.4. The normalized spacial score (nSPS) is 15.2. The van der Waals surface area contributed by atoms with Crippen molar-refractivity contribution in [3.05, 3.63) is 68.3 Å². The molecular weight excluding hydrogens is 422 g/mol. The molecule has 0 amide bonds. The molecule has 0 bridgehead atoms. The molecule has 1 aromatic carbocycles. The van der Waals surface area contributed by atoms with E-state index in [1.54, 1.807) is 0 Å². The molecule has 0 saturated carbocycles. The number of hydrogen-bond acceptors (Lipinski definition) is 7. The number of benzene rings is 1. The van der Waals surface area contributed by atoms with E-state index >= 15 is 0 Å². The van der Waals surface area contributed by atoms with Crippen LogP contribution < -0.4 is 16.0 Å². The zero-order valence-electron chi connectivity index (χ0n) is 19.0. The SMILES string of the molecule is CCC/C(=N\Oc1nc2oc(=O)cc(CC)c2c(=O)[nH]1)N1CCN(Cc2ccccc2)CC1. The van der Waals surface area contributed by atoms with E-state index in [9.17, 15) is 9.59 Å². The van der Waals surface area contributed by atoms with Crippen molar-refractivity contribution in [3.63, 3.8) is 0 Å². The fourth-order valence-corrected chi connectivity index (χ4v) is 4.04. The minimum atomic E-state index is -0.549. The molecule has 1 aliphatic rings. The van der Waals surface area contributed by atoms with Gasteiger partial charge >= 0.3 is 11.6 Å². The first-order valence-corrected chi connectivity index (χ1v) is 11.4. The van der Waals surface area contributed by atoms with Crippen LogP contribution in [-0.4, -0.2) is 51.8 Å². The van der Waals surface area contributed by atoms with Gasteiger partial charge in [-0.25, -0.2) is 4.79 Å². The Morgan fingerprint density at radius 3 is 2.61 bits per heavy atom. The van der Waals surface area contributed by atoms with E-state index in [-0.39, 0.29) is 17.1 Å². The third kappa shape index (κ3) is 5.48. The number of H-pyrrole nitrogens is 1. The van der Waals surface area contributed by atoms with Gasteiger partial charge < -0.3 is 14.2 Å². The number of hydrogen-bond donors (Lipinski definition) is 1. The average molecular weight is 452 g/mol. The van der Waals surface area contributed by atoms with Crippen LogP contribution in [0.4, 0.5) is 0 Å². The second-order valence-electron chi connectivity index (χ2n) is 8.09. The van der Waals surface area contributed by atoms with Gasteiger partial charge in [0.1, 0.15) is 11.2 Å². The van der Waals surface area contributed by atoms with Gasteiger partial charge in [-0.05, 0) is 24.0 Å². The number of oxime groups is 1. The predicted octanol–water partition coefficient (Wildman–Crippen LogP) is 2.75. The van der Waals surface area contributed by atoms with Crippen molar-refractivity contribution in [2.24, 2.45) is 5.16 Å². The smallest absolute Gasteiger partial charge is 0.337 e. The minimum absolute atomic E-state index is 0.0418. The summed E-state index contributed by atoms with van der Waals surface area (Å²) in [5.74, 6) is 0.809. The fourth-order valence-electron chi connectivity index (χ4n) is 4.04. The highest BCUT2D eigenvalue weighted by molar-refractivity contribution is 5.82. The fraction of sp³-hybridized carbons (Fsp3) is 0.417. The Morgan fingerprint density at radius 1 is 1.15 bits per heavy atom. The van der Waals surface area contributed by atoms with Gasteiger partial charge in [0, 0.05) is 45.2 Å². The number of aryl methyl sites for hydroxylation is 1. The quantitative estimate of drug-likeness (QED) is 0.335. The maximum Gasteiger partial charge on any atom is 0.337 e. The first kappa shape index (κ1) is 22.7. The molecule has 3 aromatic rings. The highest BCUT2D eigenvalue weighted by Crippen LogP contribution is 2.15. The van der Waals surface area contributed by atoms with Crippen LogP contribution in [0.5, 0.6) is 6.01 Å². The van der Waals surface area contributed by atoms with Crippen LogP contribution in [0.25, 0.3) is 11.1 Å². The molecule has 0 radical (unpaired) electrons. The Hall–Kier alpha value is -3.46. The molecule has 3 heterocycles. The van der Waals surface area contributed by atoms with E-state index < -0.39 is 11.2 Å². The molecule has 0 spiro atoms. The topological polar surface area (TPSA) is 104 Å². The lowest BCUT2D eigenvalue weighted by Crippen LogP contribution is -2.48. The third-order valence-electron chi connectivity index (χ3n) is 5.75. The van der Waals surface area contributed by atoms with E-state index in [4.69, 9.17) is 9.25 Å². The number of nitrogens with zero attached hydrogens (tertiary/aromatic N) is 4. The third-order valence-corrected chi connectivity index (χ3v) is 5.75. The van der Waals surface area contributed by atoms with Crippen molar-refractivity contribution in [2.45, 2.75) is 39.7 Å². The van der Waals surface area contributed by atoms with Crippen LogP contribution in [0, 0.1) is 0 Å². The predicted molar refractivity (Wildman–Crippen MR) is 127 cm³/mol. The summed E-state index contributed by atoms with van der Waals surface area (Å²) in [5, 5.41) is 4.56. The average Bonchev–Trinajstić information content (AvgIpc) is 2.82. The Bertz CT molecular complexity index is 1230. The number of piperazine rings is 1. The van der Waals surface area contributed by atoms with Crippen molar-refractivity contribution >= 4 is 16.9 Å². The lowest BCUT2D eigenvalue weighted by molar-refractivity contribution is 0.169. The second-order valence-corrected chi connectivity index (χ2v) is 8.09. The summed E-state index contributed by atoms with van der Waals surface area (Å²) in [4.78, 5) is 41.2. The number of amidine groups is 1. The monoisotopic (exact) mass is 451 g/mol. The largest absolute Gasteiger partial charge is 0.403 e. The van der Waals surface area contributed by atoms with Crippen LogP contribution in [0.1, 0.15) is 37.8 Å². The zero-order valence-corrected chi connectivity index (χ0v) is 19.0. The molecule has 4 rings (SSSR count). The van der Waals surface area contributed by atoms with Gasteiger partial charge in [-0.3, -0.25) is 14.7 Å². The van der Waals surface area contributed by atoms with Crippen LogP contribution in [0.3, 0.4) is 0 Å². The van der Waals surface area contributed by atoms with Crippen LogP contribution in [0.15, 0.2) is 55.6 Å². The molecule has 9 heteroatoms. The summed E-state index contributed by atoms with van der Waals surface area (Å²) in [6.07, 6.45) is 2.16. The van der Waals surface area contributed by atoms with Gasteiger partial charge in [0.15, 0.2) is 0 Å². The highest BCUT2D eigenvalue weighted by atomic mass is 16.6. The lowest BCUT2D eigenvalue weighted by Gasteiger charge is -2.36. The Morgan fingerprint density at radius 2 is 1.91 bits per heavy atom. The van der Waals surface area contributed by atoms with Crippen molar-refractivity contribution in [1.82, 2.24) is 19.8 Å². The van der Waals surface area contributed by atoms with E-state index in [1.165, 1.54) is 11.6 Å². The van der Waals surface area contributed by atoms with Gasteiger partial charge in [0.25, 0.3) is 5.56 Å². The zero-order chi connectivity index (χ0) is 23.2. The molecule has 0 atom stereocenters. The minimum Gasteiger partial charge on any atom is -0.403 e. The molecular formula is C24H29N5O4. The number of aromatic nitrogens is 2. The van der Waals surface area contributed by atoms with Crippen LogP contribution in [-0.2, 0) is 13.0 Å². The van der Waals surface area contributed by atoms with E-state index in [2.05, 4.69) is 56.1 Å². The Labute approximate surface area is 191 Å². The first-order chi connectivity index (χ1) is 16.1. The molecule has 174 valence electrons. The Kier molecular flexibility index (Phi) is 7.19. The van der Waals surface area contributed by atoms with Crippen molar-refractivity contribution in [1.29, 1.82) is 0 Å². The molecule has 1 fully saturated rings. The van der Waals surface area contributed by atoms with Gasteiger partial charge in [0.05, 0.1) is 0 Å². The van der Waals surface area contributed by atoms with E-state index in [0.717, 1.165) is 51.4 Å². The maximum atomic E-state index is 12.5. The summed E-state index contributed by atoms with van der Waals surface area (Å²) < 4.78 is 5.13. The van der Waals surface area contributed by atoms with Crippen molar-refractivity contribution < 1.29 is 9.25 Å². The van der Waals surface area contributed by atoms with Gasteiger partial charge in [-0.1, -0.05) is 49.3 Å². The summed E-state index contributed by atoms with van der Waals surface area (Å²) in [7, 11) is 0. The van der Waals surface area contributed by atoms with Crippen molar-refractivity contribution in [2.75, 3.05) is 26.2 Å². The molecule has 0 aliphatic carbocycles. The van der Waals surface area contributed by atoms with Gasteiger partial charge in [-0.15, -0.1) is 0 Å². The molecule has 9 nitrogen and oxygen atoms in total. The van der Waals surface area contributed by atoms with Gasteiger partial charge in [0.2, 0.25) is 5.71 Å². The number of rotatable bonds is 7. The summed E-state index contributed by atoms with van der Waals surface area (Å²) in [6, 6.07) is 11.7. The summed E-state index contributed by atoms with van der Waals surface area (Å²) in [5.41, 5.74) is 0.884. The molecule has 1 aliphatic heterocycles. The standard InChI is InChI=1S/C24H29N5O4/c1-3-8-19(29-13-11-28(12-14-29)16-17-9-6-5-7-10-17)27-33-24-25-22(31)21-18(4-2)15-20(30)32-23(21)26-24/h5-7,9-10,15H,3-4,8,11-14,16H2,1-2H3,(H,25,26,31)/b27-19+. The maximum absolute atomic E-state index is 12.5. The van der Waals surface area contributed by atoms with Gasteiger partial charge in [-0.2, -0.15) is 4.98 Å². The number of fused-ring (bicyclic) bond motifs is 1. The van der Waals surface area contributed by atoms with E-state index in [0.29, 0.717) is 12.0 Å². The van der Waals surface area contributed by atoms with Crippen molar-refractivity contribution in [3.8, 4) is 6.01 Å². The summed E-state index contributed by atoms with van der Waals surface area (Å²) >= 11 is 0. The number of nitrogens with one attached hydrogen (secondary N) is 1. The van der Waals surface area contributed by atoms with E-state index in [1.807, 2.05) is 13.0 Å². The highest BCUT2D eigenvalue weighted by Gasteiger charge is 2.20. The number of aromatic amines is 1. The van der Waals surface area contributed by atoms with Crippen LogP contribution in [0.2, 0.25) is 0 Å². The Balaban J connectivity index is 1.47. The summed E-state index contributed by atoms with van der Waals surface area (Å²) in [6.45, 7) is 8.40.